The van der Waals surface area contributed by atoms with E-state index in [1.807, 2.05) is 25.3 Å². The van der Waals surface area contributed by atoms with Crippen molar-refractivity contribution in [2.45, 2.75) is 33.1 Å². The molecule has 5 nitrogen and oxygen atoms in total. The Labute approximate surface area is 129 Å². The van der Waals surface area contributed by atoms with Crippen LogP contribution in [-0.2, 0) is 4.79 Å². The monoisotopic (exact) mass is 312 g/mol. The zero-order valence-corrected chi connectivity index (χ0v) is 13.5. The van der Waals surface area contributed by atoms with Crippen LogP contribution in [0.1, 0.15) is 42.8 Å². The number of aliphatic hydroxyl groups is 1. The number of aliphatic hydroxyl groups excluding tert-OH is 1. The van der Waals surface area contributed by atoms with Crippen molar-refractivity contribution in [2.75, 3.05) is 19.7 Å². The maximum Gasteiger partial charge on any atom is 0.261 e. The fourth-order valence-electron chi connectivity index (χ4n) is 1.94. The Kier molecular flexibility index (Phi) is 7.39. The summed E-state index contributed by atoms with van der Waals surface area (Å²) in [5.74, 6) is -0.258. The minimum absolute atomic E-state index is 0.0649. The van der Waals surface area contributed by atoms with Crippen LogP contribution in [0.4, 0.5) is 0 Å². The molecular formula is C15H24N2O3S. The van der Waals surface area contributed by atoms with E-state index in [4.69, 9.17) is 0 Å². The van der Waals surface area contributed by atoms with Crippen LogP contribution in [-0.4, -0.2) is 36.6 Å². The van der Waals surface area contributed by atoms with Gasteiger partial charge in [-0.05, 0) is 24.3 Å². The summed E-state index contributed by atoms with van der Waals surface area (Å²) in [6.07, 6.45) is 1.87. The first-order chi connectivity index (χ1) is 10.1. The van der Waals surface area contributed by atoms with Crippen LogP contribution < -0.4 is 10.6 Å². The molecule has 0 unspecified atom stereocenters. The maximum atomic E-state index is 11.8. The normalized spacial score (nSPS) is 11.2. The van der Waals surface area contributed by atoms with Gasteiger partial charge in [-0.15, -0.1) is 11.3 Å². The van der Waals surface area contributed by atoms with Gasteiger partial charge in [-0.25, -0.2) is 0 Å². The third-order valence-corrected chi connectivity index (χ3v) is 4.75. The number of carbonyl (C=O) groups excluding carboxylic acids is 2. The van der Waals surface area contributed by atoms with Crippen molar-refractivity contribution < 1.29 is 14.7 Å². The fraction of sp³-hybridized carbons (Fsp3) is 0.600. The van der Waals surface area contributed by atoms with Crippen LogP contribution in [0.3, 0.4) is 0 Å². The topological polar surface area (TPSA) is 78.4 Å². The van der Waals surface area contributed by atoms with Crippen LogP contribution in [0.15, 0.2) is 17.5 Å². The molecule has 0 aliphatic carbocycles. The van der Waals surface area contributed by atoms with Crippen LogP contribution in [0, 0.1) is 5.41 Å². The van der Waals surface area contributed by atoms with Gasteiger partial charge >= 0.3 is 0 Å². The Morgan fingerprint density at radius 1 is 1.29 bits per heavy atom. The number of thiophene rings is 1. The molecule has 0 fully saturated rings. The number of nitrogens with one attached hydrogen (secondary N) is 2. The highest BCUT2D eigenvalue weighted by Gasteiger charge is 2.25. The fourth-order valence-corrected chi connectivity index (χ4v) is 2.58. The van der Waals surface area contributed by atoms with Gasteiger partial charge in [-0.2, -0.15) is 0 Å². The Morgan fingerprint density at radius 3 is 2.52 bits per heavy atom. The summed E-state index contributed by atoms with van der Waals surface area (Å²) < 4.78 is 0. The van der Waals surface area contributed by atoms with E-state index >= 15 is 0 Å². The molecule has 1 aromatic heterocycles. The standard InChI is InChI=1S/C15H24N2O3S/c1-3-15(4-2,11-18)10-17-13(19)7-8-16-14(20)12-6-5-9-21-12/h5-6,9,18H,3-4,7-8,10-11H2,1-2H3,(H,16,20)(H,17,19). The highest BCUT2D eigenvalue weighted by molar-refractivity contribution is 7.12. The quantitative estimate of drug-likeness (QED) is 0.650. The molecule has 118 valence electrons. The highest BCUT2D eigenvalue weighted by atomic mass is 32.1. The molecule has 0 saturated heterocycles. The molecule has 0 aromatic carbocycles. The van der Waals surface area contributed by atoms with Gasteiger partial charge in [0.1, 0.15) is 0 Å². The number of amides is 2. The first-order valence-corrected chi connectivity index (χ1v) is 8.14. The van der Waals surface area contributed by atoms with Crippen molar-refractivity contribution in [3.05, 3.63) is 22.4 Å². The lowest BCUT2D eigenvalue weighted by Crippen LogP contribution is -2.40. The molecule has 0 saturated carbocycles. The van der Waals surface area contributed by atoms with Gasteiger partial charge in [0.05, 0.1) is 11.5 Å². The molecule has 1 heterocycles. The van der Waals surface area contributed by atoms with E-state index in [9.17, 15) is 14.7 Å². The van der Waals surface area contributed by atoms with E-state index in [-0.39, 0.29) is 30.3 Å². The molecule has 6 heteroatoms. The Hall–Kier alpha value is -1.40. The first-order valence-electron chi connectivity index (χ1n) is 7.26. The molecule has 0 radical (unpaired) electrons. The van der Waals surface area contributed by atoms with Crippen molar-refractivity contribution in [1.29, 1.82) is 0 Å². The summed E-state index contributed by atoms with van der Waals surface area (Å²) in [6.45, 7) is 4.86. The lowest BCUT2D eigenvalue weighted by molar-refractivity contribution is -0.121. The lowest BCUT2D eigenvalue weighted by atomic mass is 9.83. The average molecular weight is 312 g/mol. The van der Waals surface area contributed by atoms with Gasteiger partial charge in [-0.3, -0.25) is 9.59 Å². The first kappa shape index (κ1) is 17.7. The summed E-state index contributed by atoms with van der Waals surface area (Å²) in [4.78, 5) is 24.1. The summed E-state index contributed by atoms with van der Waals surface area (Å²) in [5, 5.41) is 16.8. The molecule has 1 aromatic rings. The minimum atomic E-state index is -0.240. The molecule has 0 atom stereocenters. The van der Waals surface area contributed by atoms with E-state index in [1.165, 1.54) is 11.3 Å². The van der Waals surface area contributed by atoms with Gasteiger partial charge in [0.25, 0.3) is 5.91 Å². The van der Waals surface area contributed by atoms with Gasteiger partial charge < -0.3 is 15.7 Å². The SMILES string of the molecule is CCC(CC)(CO)CNC(=O)CCNC(=O)c1cccs1. The minimum Gasteiger partial charge on any atom is -0.396 e. The Bertz CT molecular complexity index is 434. The molecule has 0 aliphatic heterocycles. The van der Waals surface area contributed by atoms with Crippen LogP contribution in [0.25, 0.3) is 0 Å². The zero-order chi connectivity index (χ0) is 15.7. The largest absolute Gasteiger partial charge is 0.396 e. The van der Waals surface area contributed by atoms with Crippen molar-refractivity contribution in [1.82, 2.24) is 10.6 Å². The van der Waals surface area contributed by atoms with Crippen molar-refractivity contribution in [3.8, 4) is 0 Å². The number of hydrogen-bond acceptors (Lipinski definition) is 4. The predicted octanol–water partition coefficient (Wildman–Crippen LogP) is 1.78. The summed E-state index contributed by atoms with van der Waals surface area (Å²) in [7, 11) is 0. The van der Waals surface area contributed by atoms with E-state index in [2.05, 4.69) is 10.6 Å². The predicted molar refractivity (Wildman–Crippen MR) is 84.4 cm³/mol. The van der Waals surface area contributed by atoms with E-state index in [0.29, 0.717) is 18.0 Å². The molecule has 0 aliphatic rings. The van der Waals surface area contributed by atoms with E-state index in [0.717, 1.165) is 12.8 Å². The molecule has 3 N–H and O–H groups in total. The summed E-state index contributed by atoms with van der Waals surface area (Å²) in [5.41, 5.74) is -0.240. The molecule has 2 amide bonds. The maximum absolute atomic E-state index is 11.8. The van der Waals surface area contributed by atoms with Gasteiger partial charge in [0, 0.05) is 24.9 Å². The molecule has 21 heavy (non-hydrogen) atoms. The third kappa shape index (κ3) is 5.47. The third-order valence-electron chi connectivity index (χ3n) is 3.88. The van der Waals surface area contributed by atoms with Crippen LogP contribution in [0.5, 0.6) is 0 Å². The molecule has 0 spiro atoms. The molecular weight excluding hydrogens is 288 g/mol. The van der Waals surface area contributed by atoms with Crippen LogP contribution in [0.2, 0.25) is 0 Å². The van der Waals surface area contributed by atoms with Crippen molar-refractivity contribution in [3.63, 3.8) is 0 Å². The second-order valence-electron chi connectivity index (χ2n) is 5.13. The molecule has 0 bridgehead atoms. The second kappa shape index (κ2) is 8.79. The number of carbonyl (C=O) groups is 2. The average Bonchev–Trinajstić information content (AvgIpc) is 3.03. The molecule has 1 rings (SSSR count). The Morgan fingerprint density at radius 2 is 2.00 bits per heavy atom. The van der Waals surface area contributed by atoms with Crippen LogP contribution >= 0.6 is 11.3 Å². The van der Waals surface area contributed by atoms with Crippen molar-refractivity contribution >= 4 is 23.2 Å². The lowest BCUT2D eigenvalue weighted by Gasteiger charge is -2.29. The van der Waals surface area contributed by atoms with Gasteiger partial charge in [0.2, 0.25) is 5.91 Å². The number of hydrogen-bond donors (Lipinski definition) is 3. The van der Waals surface area contributed by atoms with E-state index < -0.39 is 0 Å². The zero-order valence-electron chi connectivity index (χ0n) is 12.6. The summed E-state index contributed by atoms with van der Waals surface area (Å²) in [6, 6.07) is 3.56. The smallest absolute Gasteiger partial charge is 0.261 e. The van der Waals surface area contributed by atoms with Gasteiger partial charge in [0.15, 0.2) is 0 Å². The van der Waals surface area contributed by atoms with Gasteiger partial charge in [-0.1, -0.05) is 19.9 Å². The highest BCUT2D eigenvalue weighted by Crippen LogP contribution is 2.24. The summed E-state index contributed by atoms with van der Waals surface area (Å²) >= 11 is 1.37. The van der Waals surface area contributed by atoms with Crippen molar-refractivity contribution in [2.24, 2.45) is 5.41 Å². The Balaban J connectivity index is 2.27. The van der Waals surface area contributed by atoms with E-state index in [1.54, 1.807) is 6.07 Å². The number of rotatable bonds is 9. The second-order valence-corrected chi connectivity index (χ2v) is 6.07.